The number of nitrogens with zero attached hydrogens (tertiary/aromatic N) is 4. The number of hydrogen-bond donors (Lipinski definition) is 2. The molecule has 1 spiro atoms. The van der Waals surface area contributed by atoms with Gasteiger partial charge in [-0.2, -0.15) is 14.5 Å². The number of anilines is 1. The SMILES string of the molecule is Nn1c(=O)cnn(-c2cc(Cl)c(Oc3cnc4c(c3)C3(CC3)C(=O)N4)c(Cl)c2)c1=O. The minimum absolute atomic E-state index is 0.0539. The number of nitrogens with two attached hydrogens (primary N) is 1. The summed E-state index contributed by atoms with van der Waals surface area (Å²) in [6.45, 7) is 0. The quantitative estimate of drug-likeness (QED) is 0.583. The van der Waals surface area contributed by atoms with Gasteiger partial charge in [-0.1, -0.05) is 23.2 Å². The molecule has 2 aliphatic rings. The van der Waals surface area contributed by atoms with Gasteiger partial charge in [0.25, 0.3) is 5.56 Å². The summed E-state index contributed by atoms with van der Waals surface area (Å²) in [7, 11) is 0. The number of benzene rings is 1. The Balaban J connectivity index is 1.51. The van der Waals surface area contributed by atoms with Gasteiger partial charge in [-0.05, 0) is 31.0 Å². The maximum absolute atomic E-state index is 12.2. The molecule has 152 valence electrons. The Morgan fingerprint density at radius 1 is 1.10 bits per heavy atom. The van der Waals surface area contributed by atoms with Crippen LogP contribution in [0.3, 0.4) is 0 Å². The zero-order chi connectivity index (χ0) is 21.2. The molecule has 1 fully saturated rings. The van der Waals surface area contributed by atoms with Crippen LogP contribution in [0.25, 0.3) is 5.69 Å². The van der Waals surface area contributed by atoms with E-state index in [-0.39, 0.29) is 27.4 Å². The molecule has 30 heavy (non-hydrogen) atoms. The van der Waals surface area contributed by atoms with Gasteiger partial charge >= 0.3 is 5.69 Å². The van der Waals surface area contributed by atoms with Gasteiger partial charge in [0.05, 0.1) is 27.3 Å². The van der Waals surface area contributed by atoms with Crippen molar-refractivity contribution in [1.82, 2.24) is 19.4 Å². The third-order valence-corrected chi connectivity index (χ3v) is 5.71. The summed E-state index contributed by atoms with van der Waals surface area (Å²) in [5.74, 6) is 6.39. The summed E-state index contributed by atoms with van der Waals surface area (Å²) in [6.07, 6.45) is 3.88. The number of halogens is 2. The zero-order valence-electron chi connectivity index (χ0n) is 15.1. The number of fused-ring (bicyclic) bond motifs is 2. The first kappa shape index (κ1) is 18.6. The van der Waals surface area contributed by atoms with Crippen LogP contribution in [0.4, 0.5) is 5.82 Å². The molecule has 1 amide bonds. The highest BCUT2D eigenvalue weighted by atomic mass is 35.5. The number of nitrogens with one attached hydrogen (secondary N) is 1. The van der Waals surface area contributed by atoms with E-state index in [1.54, 1.807) is 6.07 Å². The van der Waals surface area contributed by atoms with Crippen LogP contribution in [0.1, 0.15) is 18.4 Å². The van der Waals surface area contributed by atoms with Crippen molar-refractivity contribution < 1.29 is 9.53 Å². The Labute approximate surface area is 177 Å². The molecule has 1 aliphatic carbocycles. The van der Waals surface area contributed by atoms with E-state index in [4.69, 9.17) is 33.8 Å². The number of hydrogen-bond acceptors (Lipinski definition) is 7. The van der Waals surface area contributed by atoms with Gasteiger partial charge < -0.3 is 15.9 Å². The van der Waals surface area contributed by atoms with Crippen molar-refractivity contribution in [1.29, 1.82) is 0 Å². The topological polar surface area (TPSA) is 134 Å². The predicted octanol–water partition coefficient (Wildman–Crippen LogP) is 1.59. The fourth-order valence-electron chi connectivity index (χ4n) is 3.41. The molecule has 0 unspecified atom stereocenters. The lowest BCUT2D eigenvalue weighted by atomic mass is 10.00. The smallest absolute Gasteiger partial charge is 0.370 e. The normalized spacial score (nSPS) is 15.7. The minimum Gasteiger partial charge on any atom is -0.453 e. The second-order valence-corrected chi connectivity index (χ2v) is 7.81. The molecule has 3 heterocycles. The van der Waals surface area contributed by atoms with Crippen LogP contribution < -0.4 is 27.1 Å². The van der Waals surface area contributed by atoms with Crippen molar-refractivity contribution in [2.24, 2.45) is 0 Å². The lowest BCUT2D eigenvalue weighted by Crippen LogP contribution is -2.44. The number of aromatic nitrogens is 4. The van der Waals surface area contributed by atoms with E-state index in [0.29, 0.717) is 16.2 Å². The van der Waals surface area contributed by atoms with E-state index in [1.807, 2.05) is 0 Å². The summed E-state index contributed by atoms with van der Waals surface area (Å²) in [4.78, 5) is 40.0. The molecule has 0 bridgehead atoms. The summed E-state index contributed by atoms with van der Waals surface area (Å²) in [5, 5.41) is 6.72. The second-order valence-electron chi connectivity index (χ2n) is 6.99. The highest BCUT2D eigenvalue weighted by molar-refractivity contribution is 6.37. The maximum atomic E-state index is 12.2. The van der Waals surface area contributed by atoms with Gasteiger partial charge in [0.15, 0.2) is 5.75 Å². The number of carbonyl (C=O) groups excluding carboxylic acids is 1. The van der Waals surface area contributed by atoms with Crippen molar-refractivity contribution in [2.75, 3.05) is 11.2 Å². The fraction of sp³-hybridized carbons (Fsp3) is 0.167. The summed E-state index contributed by atoms with van der Waals surface area (Å²) < 4.78 is 7.13. The Bertz CT molecular complexity index is 1340. The lowest BCUT2D eigenvalue weighted by Gasteiger charge is -2.13. The number of carbonyl (C=O) groups is 1. The first-order valence-electron chi connectivity index (χ1n) is 8.76. The predicted molar refractivity (Wildman–Crippen MR) is 108 cm³/mol. The first-order chi connectivity index (χ1) is 14.3. The van der Waals surface area contributed by atoms with Crippen molar-refractivity contribution in [3.8, 4) is 17.2 Å². The highest BCUT2D eigenvalue weighted by Gasteiger charge is 2.57. The average Bonchev–Trinajstić information content (AvgIpc) is 3.46. The first-order valence-corrected chi connectivity index (χ1v) is 9.51. The Morgan fingerprint density at radius 3 is 2.47 bits per heavy atom. The van der Waals surface area contributed by atoms with Crippen molar-refractivity contribution in [3.63, 3.8) is 0 Å². The average molecular weight is 447 g/mol. The largest absolute Gasteiger partial charge is 0.453 e. The minimum atomic E-state index is -0.863. The Kier molecular flexibility index (Phi) is 3.92. The van der Waals surface area contributed by atoms with E-state index >= 15 is 0 Å². The molecule has 0 radical (unpaired) electrons. The van der Waals surface area contributed by atoms with E-state index in [1.165, 1.54) is 18.3 Å². The summed E-state index contributed by atoms with van der Waals surface area (Å²) in [6, 6.07) is 4.54. The van der Waals surface area contributed by atoms with Crippen LogP contribution in [0.15, 0.2) is 40.2 Å². The van der Waals surface area contributed by atoms with Crippen LogP contribution in [-0.2, 0) is 10.2 Å². The van der Waals surface area contributed by atoms with Gasteiger partial charge in [0.2, 0.25) is 5.91 Å². The third kappa shape index (κ3) is 2.68. The summed E-state index contributed by atoms with van der Waals surface area (Å²) in [5.41, 5.74) is -1.15. The maximum Gasteiger partial charge on any atom is 0.370 e. The molecule has 0 atom stereocenters. The van der Waals surface area contributed by atoms with Gasteiger partial charge in [-0.3, -0.25) is 9.59 Å². The highest BCUT2D eigenvalue weighted by Crippen LogP contribution is 2.55. The van der Waals surface area contributed by atoms with Crippen LogP contribution in [-0.4, -0.2) is 25.3 Å². The van der Waals surface area contributed by atoms with Crippen LogP contribution in [0.2, 0.25) is 10.0 Å². The van der Waals surface area contributed by atoms with E-state index in [0.717, 1.165) is 29.3 Å². The molecule has 2 aromatic heterocycles. The molecule has 10 nitrogen and oxygen atoms in total. The van der Waals surface area contributed by atoms with Crippen LogP contribution in [0.5, 0.6) is 11.5 Å². The molecule has 1 saturated carbocycles. The van der Waals surface area contributed by atoms with Crippen molar-refractivity contribution >= 4 is 34.9 Å². The third-order valence-electron chi connectivity index (χ3n) is 5.15. The van der Waals surface area contributed by atoms with Gasteiger partial charge in [0.1, 0.15) is 17.8 Å². The number of pyridine rings is 1. The van der Waals surface area contributed by atoms with E-state index in [2.05, 4.69) is 15.4 Å². The van der Waals surface area contributed by atoms with E-state index < -0.39 is 16.7 Å². The monoisotopic (exact) mass is 446 g/mol. The number of nitrogen functional groups attached to an aromatic ring is 1. The molecule has 1 aromatic carbocycles. The summed E-state index contributed by atoms with van der Waals surface area (Å²) >= 11 is 12.7. The van der Waals surface area contributed by atoms with E-state index in [9.17, 15) is 14.4 Å². The van der Waals surface area contributed by atoms with Gasteiger partial charge in [-0.15, -0.1) is 0 Å². The fourth-order valence-corrected chi connectivity index (χ4v) is 3.97. The number of rotatable bonds is 3. The molecular weight excluding hydrogens is 435 g/mol. The Hall–Kier alpha value is -3.37. The lowest BCUT2D eigenvalue weighted by molar-refractivity contribution is -0.117. The van der Waals surface area contributed by atoms with Gasteiger partial charge in [0, 0.05) is 5.56 Å². The molecule has 5 rings (SSSR count). The zero-order valence-corrected chi connectivity index (χ0v) is 16.6. The van der Waals surface area contributed by atoms with Gasteiger partial charge in [-0.25, -0.2) is 9.78 Å². The van der Waals surface area contributed by atoms with Crippen molar-refractivity contribution in [2.45, 2.75) is 18.3 Å². The molecular formula is C18H12Cl2N6O4. The molecule has 12 heteroatoms. The number of ether oxygens (including phenoxy) is 1. The standard InChI is InChI=1S/C18H12Cl2N6O4/c19-11-3-8(26-17(29)25(21)13(27)7-23-26)4-12(20)14(11)30-9-5-10-15(22-6-9)24-16(28)18(10)1-2-18/h3-7H,1-2,21H2,(H,22,24,28). The van der Waals surface area contributed by atoms with Crippen LogP contribution >= 0.6 is 23.2 Å². The molecule has 0 saturated heterocycles. The number of amides is 1. The second kappa shape index (κ2) is 6.31. The van der Waals surface area contributed by atoms with Crippen LogP contribution in [0, 0.1) is 0 Å². The van der Waals surface area contributed by atoms with Crippen molar-refractivity contribution in [3.05, 3.63) is 67.0 Å². The molecule has 1 aliphatic heterocycles. The Morgan fingerprint density at radius 2 is 1.80 bits per heavy atom. The molecule has 3 aromatic rings. The molecule has 3 N–H and O–H groups in total.